The lowest BCUT2D eigenvalue weighted by Crippen LogP contribution is -2.14. The van der Waals surface area contributed by atoms with Crippen LogP contribution < -0.4 is 16.0 Å². The first kappa shape index (κ1) is 19.6. The molecule has 1 aliphatic rings. The quantitative estimate of drug-likeness (QED) is 0.615. The average molecular weight is 378 g/mol. The molecule has 0 saturated heterocycles. The van der Waals surface area contributed by atoms with Crippen molar-refractivity contribution in [2.45, 2.75) is 39.0 Å². The maximum Gasteiger partial charge on any atom is 0.274 e. The molecule has 0 atom stereocenters. The smallest absolute Gasteiger partial charge is 0.274 e. The lowest BCUT2D eigenvalue weighted by atomic mass is 9.97. The van der Waals surface area contributed by atoms with Crippen LogP contribution in [0.4, 0.5) is 17.1 Å². The van der Waals surface area contributed by atoms with E-state index in [1.165, 1.54) is 38.2 Å². The second-order valence-electron chi connectivity index (χ2n) is 6.93. The molecule has 1 aromatic carbocycles. The molecule has 1 aromatic heterocycles. The number of rotatable bonds is 7. The molecular weight excluding hydrogens is 352 g/mol. The Labute approximate surface area is 165 Å². The van der Waals surface area contributed by atoms with E-state index >= 15 is 0 Å². The van der Waals surface area contributed by atoms with Crippen LogP contribution in [-0.2, 0) is 4.79 Å². The van der Waals surface area contributed by atoms with E-state index in [1.807, 2.05) is 6.07 Å². The molecule has 3 N–H and O–H groups in total. The molecular formula is C22H26N4O2. The summed E-state index contributed by atoms with van der Waals surface area (Å²) in [6, 6.07) is 10.6. The topological polar surface area (TPSA) is 83.1 Å². The Hall–Kier alpha value is -3.15. The monoisotopic (exact) mass is 378 g/mol. The highest BCUT2D eigenvalue weighted by molar-refractivity contribution is 6.03. The minimum absolute atomic E-state index is 0.159. The van der Waals surface area contributed by atoms with Crippen molar-refractivity contribution in [2.75, 3.05) is 22.5 Å². The van der Waals surface area contributed by atoms with Gasteiger partial charge in [-0.2, -0.15) is 0 Å². The molecule has 2 amide bonds. The van der Waals surface area contributed by atoms with Gasteiger partial charge in [0.25, 0.3) is 5.91 Å². The predicted molar refractivity (Wildman–Crippen MR) is 113 cm³/mol. The second kappa shape index (κ2) is 9.69. The standard InChI is InChI=1S/C22H26N4O2/c1-16(27)25-18-8-5-9-19(14-18)26-22(28)21-11-10-20(15-24-21)23-13-12-17-6-3-2-4-7-17/h5-6,8-11,14-15,23H,2-4,7,12-13H2,1H3,(H,25,27)(H,26,28). The van der Waals surface area contributed by atoms with Gasteiger partial charge in [-0.25, -0.2) is 4.98 Å². The first-order valence-electron chi connectivity index (χ1n) is 9.67. The molecule has 28 heavy (non-hydrogen) atoms. The summed E-state index contributed by atoms with van der Waals surface area (Å²) in [6.45, 7) is 2.31. The molecule has 6 heteroatoms. The molecule has 1 heterocycles. The number of hydrogen-bond acceptors (Lipinski definition) is 4. The lowest BCUT2D eigenvalue weighted by Gasteiger charge is -2.13. The number of carbonyl (C=O) groups excluding carboxylic acids is 2. The molecule has 2 aromatic rings. The van der Waals surface area contributed by atoms with Gasteiger partial charge in [0, 0.05) is 24.8 Å². The number of allylic oxidation sites excluding steroid dienone is 1. The van der Waals surface area contributed by atoms with Gasteiger partial charge in [-0.3, -0.25) is 9.59 Å². The Kier molecular flexibility index (Phi) is 6.78. The summed E-state index contributed by atoms with van der Waals surface area (Å²) in [5.41, 5.74) is 4.00. The molecule has 146 valence electrons. The van der Waals surface area contributed by atoms with E-state index in [0.29, 0.717) is 17.1 Å². The summed E-state index contributed by atoms with van der Waals surface area (Å²) in [5.74, 6) is -0.452. The van der Waals surface area contributed by atoms with Crippen molar-refractivity contribution in [3.8, 4) is 0 Å². The van der Waals surface area contributed by atoms with Gasteiger partial charge < -0.3 is 16.0 Å². The fourth-order valence-corrected chi connectivity index (χ4v) is 3.20. The molecule has 6 nitrogen and oxygen atoms in total. The number of anilines is 3. The highest BCUT2D eigenvalue weighted by atomic mass is 16.2. The van der Waals surface area contributed by atoms with E-state index in [2.05, 4.69) is 27.0 Å². The van der Waals surface area contributed by atoms with Crippen molar-refractivity contribution in [1.82, 2.24) is 4.98 Å². The van der Waals surface area contributed by atoms with Gasteiger partial charge in [0.15, 0.2) is 0 Å². The SMILES string of the molecule is CC(=O)Nc1cccc(NC(=O)c2ccc(NCCC3=CCCCC3)cn2)c1. The number of pyridine rings is 1. The number of benzene rings is 1. The van der Waals surface area contributed by atoms with Crippen molar-refractivity contribution in [2.24, 2.45) is 0 Å². The zero-order chi connectivity index (χ0) is 19.8. The third-order valence-electron chi connectivity index (χ3n) is 4.60. The number of nitrogens with zero attached hydrogens (tertiary/aromatic N) is 1. The van der Waals surface area contributed by atoms with Gasteiger partial charge in [0.05, 0.1) is 11.9 Å². The van der Waals surface area contributed by atoms with Gasteiger partial charge in [0.2, 0.25) is 5.91 Å². The van der Waals surface area contributed by atoms with Crippen molar-refractivity contribution in [3.63, 3.8) is 0 Å². The van der Waals surface area contributed by atoms with Crippen LogP contribution in [0.5, 0.6) is 0 Å². The van der Waals surface area contributed by atoms with E-state index in [9.17, 15) is 9.59 Å². The fraction of sp³-hybridized carbons (Fsp3) is 0.318. The van der Waals surface area contributed by atoms with E-state index < -0.39 is 0 Å². The minimum Gasteiger partial charge on any atom is -0.383 e. The summed E-state index contributed by atoms with van der Waals surface area (Å²) < 4.78 is 0. The number of hydrogen-bond donors (Lipinski definition) is 3. The Morgan fingerprint density at radius 2 is 1.86 bits per heavy atom. The first-order chi connectivity index (χ1) is 13.6. The van der Waals surface area contributed by atoms with Crippen LogP contribution in [0.2, 0.25) is 0 Å². The Morgan fingerprint density at radius 1 is 1.04 bits per heavy atom. The number of aromatic nitrogens is 1. The van der Waals surface area contributed by atoms with Crippen LogP contribution in [-0.4, -0.2) is 23.3 Å². The van der Waals surface area contributed by atoms with Gasteiger partial charge in [-0.1, -0.05) is 17.7 Å². The van der Waals surface area contributed by atoms with Crippen LogP contribution in [0.1, 0.15) is 49.5 Å². The van der Waals surface area contributed by atoms with E-state index in [1.54, 1.807) is 36.5 Å². The Morgan fingerprint density at radius 3 is 2.54 bits per heavy atom. The summed E-state index contributed by atoms with van der Waals surface area (Å²) in [4.78, 5) is 27.8. The maximum absolute atomic E-state index is 12.4. The zero-order valence-electron chi connectivity index (χ0n) is 16.1. The van der Waals surface area contributed by atoms with Gasteiger partial charge in [0.1, 0.15) is 5.69 Å². The van der Waals surface area contributed by atoms with Crippen molar-refractivity contribution < 1.29 is 9.59 Å². The van der Waals surface area contributed by atoms with Gasteiger partial charge in [-0.15, -0.1) is 0 Å². The van der Waals surface area contributed by atoms with E-state index in [-0.39, 0.29) is 11.8 Å². The molecule has 1 aliphatic carbocycles. The number of carbonyl (C=O) groups is 2. The Balaban J connectivity index is 1.52. The van der Waals surface area contributed by atoms with Crippen molar-refractivity contribution in [1.29, 1.82) is 0 Å². The average Bonchev–Trinajstić information content (AvgIpc) is 2.69. The highest BCUT2D eigenvalue weighted by Crippen LogP contribution is 2.20. The molecule has 0 spiro atoms. The third kappa shape index (κ3) is 5.94. The molecule has 3 rings (SSSR count). The van der Waals surface area contributed by atoms with Gasteiger partial charge in [-0.05, 0) is 62.4 Å². The maximum atomic E-state index is 12.4. The predicted octanol–water partition coefficient (Wildman–Crippen LogP) is 4.59. The lowest BCUT2D eigenvalue weighted by molar-refractivity contribution is -0.114. The third-order valence-corrected chi connectivity index (χ3v) is 4.60. The van der Waals surface area contributed by atoms with Crippen LogP contribution in [0, 0.1) is 0 Å². The summed E-state index contributed by atoms with van der Waals surface area (Å²) in [7, 11) is 0. The van der Waals surface area contributed by atoms with Gasteiger partial charge >= 0.3 is 0 Å². The largest absolute Gasteiger partial charge is 0.383 e. The second-order valence-corrected chi connectivity index (χ2v) is 6.93. The van der Waals surface area contributed by atoms with Crippen LogP contribution in [0.15, 0.2) is 54.2 Å². The first-order valence-corrected chi connectivity index (χ1v) is 9.67. The van der Waals surface area contributed by atoms with Crippen LogP contribution in [0.25, 0.3) is 0 Å². The van der Waals surface area contributed by atoms with Crippen molar-refractivity contribution in [3.05, 3.63) is 59.9 Å². The normalized spacial score (nSPS) is 13.4. The molecule has 0 bridgehead atoms. The zero-order valence-corrected chi connectivity index (χ0v) is 16.1. The molecule has 0 aliphatic heterocycles. The molecule has 0 fully saturated rings. The van der Waals surface area contributed by atoms with E-state index in [0.717, 1.165) is 18.7 Å². The number of nitrogens with one attached hydrogen (secondary N) is 3. The van der Waals surface area contributed by atoms with Crippen LogP contribution >= 0.6 is 0 Å². The van der Waals surface area contributed by atoms with Crippen LogP contribution in [0.3, 0.4) is 0 Å². The summed E-state index contributed by atoms with van der Waals surface area (Å²) in [6.07, 6.45) is 10.1. The summed E-state index contributed by atoms with van der Waals surface area (Å²) >= 11 is 0. The molecule has 0 radical (unpaired) electrons. The van der Waals surface area contributed by atoms with Crippen molar-refractivity contribution >= 4 is 28.9 Å². The molecule has 0 saturated carbocycles. The van der Waals surface area contributed by atoms with E-state index in [4.69, 9.17) is 0 Å². The Bertz CT molecular complexity index is 859. The summed E-state index contributed by atoms with van der Waals surface area (Å²) in [5, 5.41) is 8.85. The highest BCUT2D eigenvalue weighted by Gasteiger charge is 2.09. The molecule has 0 unspecified atom stereocenters. The minimum atomic E-state index is -0.293. The fourth-order valence-electron chi connectivity index (χ4n) is 3.20. The number of amides is 2.